The summed E-state index contributed by atoms with van der Waals surface area (Å²) in [5.41, 5.74) is 0.814. The molecule has 3 atom stereocenters. The summed E-state index contributed by atoms with van der Waals surface area (Å²) in [7, 11) is 1.65. The normalized spacial score (nSPS) is 25.6. The van der Waals surface area contributed by atoms with Crippen molar-refractivity contribution >= 4 is 15.9 Å². The molecular weight excluding hydrogens is 300 g/mol. The van der Waals surface area contributed by atoms with Gasteiger partial charge in [0.25, 0.3) is 0 Å². The van der Waals surface area contributed by atoms with Crippen molar-refractivity contribution in [2.45, 2.75) is 32.1 Å². The van der Waals surface area contributed by atoms with Crippen molar-refractivity contribution in [1.29, 1.82) is 0 Å². The molecule has 1 aromatic heterocycles. The van der Waals surface area contributed by atoms with Crippen LogP contribution in [-0.2, 0) is 16.0 Å². The Bertz CT molecular complexity index is 397. The number of aromatic nitrogens is 2. The molecule has 3 unspecified atom stereocenters. The van der Waals surface area contributed by atoms with Crippen LogP contribution in [0.25, 0.3) is 0 Å². The zero-order valence-electron chi connectivity index (χ0n) is 10.7. The summed E-state index contributed by atoms with van der Waals surface area (Å²) in [4.78, 5) is 0. The fourth-order valence-electron chi connectivity index (χ4n) is 2.39. The Morgan fingerprint density at radius 3 is 3.11 bits per heavy atom. The third-order valence-electron chi connectivity index (χ3n) is 3.46. The van der Waals surface area contributed by atoms with Crippen molar-refractivity contribution in [2.75, 3.05) is 20.3 Å². The van der Waals surface area contributed by atoms with Gasteiger partial charge in [0, 0.05) is 19.6 Å². The topological polar surface area (TPSA) is 56.5 Å². The molecule has 2 heterocycles. The summed E-state index contributed by atoms with van der Waals surface area (Å²) in [6.45, 7) is 3.93. The highest BCUT2D eigenvalue weighted by molar-refractivity contribution is 9.10. The van der Waals surface area contributed by atoms with Crippen molar-refractivity contribution in [3.05, 3.63) is 16.4 Å². The maximum absolute atomic E-state index is 10.5. The Hall–Kier alpha value is -0.430. The molecular formula is C12H19BrN2O3. The summed E-state index contributed by atoms with van der Waals surface area (Å²) in [5.74, 6) is 0.124. The molecule has 1 aliphatic rings. The Morgan fingerprint density at radius 1 is 1.72 bits per heavy atom. The minimum absolute atomic E-state index is 0.0812. The van der Waals surface area contributed by atoms with E-state index in [1.807, 2.05) is 6.92 Å². The molecule has 2 rings (SSSR count). The van der Waals surface area contributed by atoms with E-state index >= 15 is 0 Å². The first-order valence-corrected chi connectivity index (χ1v) is 6.94. The highest BCUT2D eigenvalue weighted by Gasteiger charge is 2.34. The van der Waals surface area contributed by atoms with E-state index in [1.165, 1.54) is 0 Å². The third-order valence-corrected chi connectivity index (χ3v) is 4.07. The average Bonchev–Trinajstić information content (AvgIpc) is 2.92. The second-order valence-corrected chi connectivity index (χ2v) is 5.42. The first-order chi connectivity index (χ1) is 8.65. The molecule has 1 N–H and O–H groups in total. The Kier molecular flexibility index (Phi) is 4.77. The lowest BCUT2D eigenvalue weighted by Crippen LogP contribution is -2.23. The molecule has 102 valence electrons. The zero-order chi connectivity index (χ0) is 13.1. The molecule has 0 spiro atoms. The number of rotatable bonds is 5. The van der Waals surface area contributed by atoms with E-state index in [2.05, 4.69) is 21.0 Å². The summed E-state index contributed by atoms with van der Waals surface area (Å²) >= 11 is 3.45. The van der Waals surface area contributed by atoms with Gasteiger partial charge in [-0.05, 0) is 29.3 Å². The third kappa shape index (κ3) is 2.77. The highest BCUT2D eigenvalue weighted by atomic mass is 79.9. The standard InChI is InChI=1S/C12H19BrN2O3/c1-8-9(3-5-18-8)12(16)11-10(13)7-14-15(11)4-6-17-2/h7-9,12,16H,3-6H2,1-2H3. The number of ether oxygens (including phenoxy) is 2. The number of halogens is 1. The molecule has 1 fully saturated rings. The van der Waals surface area contributed by atoms with E-state index in [4.69, 9.17) is 9.47 Å². The average molecular weight is 319 g/mol. The fourth-order valence-corrected chi connectivity index (χ4v) is 2.92. The first-order valence-electron chi connectivity index (χ1n) is 6.15. The van der Waals surface area contributed by atoms with Crippen LogP contribution in [0.15, 0.2) is 10.7 Å². The first kappa shape index (κ1) is 14.0. The second-order valence-electron chi connectivity index (χ2n) is 4.57. The molecule has 0 saturated carbocycles. The van der Waals surface area contributed by atoms with Gasteiger partial charge >= 0.3 is 0 Å². The van der Waals surface area contributed by atoms with Gasteiger partial charge in [0.05, 0.1) is 35.6 Å². The highest BCUT2D eigenvalue weighted by Crippen LogP contribution is 2.36. The molecule has 0 aromatic carbocycles. The summed E-state index contributed by atoms with van der Waals surface area (Å²) in [5, 5.41) is 14.8. The number of hydrogen-bond donors (Lipinski definition) is 1. The van der Waals surface area contributed by atoms with Crippen molar-refractivity contribution in [3.63, 3.8) is 0 Å². The van der Waals surface area contributed by atoms with Crippen LogP contribution in [0.2, 0.25) is 0 Å². The molecule has 0 aliphatic carbocycles. The van der Waals surface area contributed by atoms with Crippen molar-refractivity contribution in [1.82, 2.24) is 9.78 Å². The summed E-state index contributed by atoms with van der Waals surface area (Å²) < 4.78 is 13.2. The van der Waals surface area contributed by atoms with Gasteiger partial charge in [-0.15, -0.1) is 0 Å². The van der Waals surface area contributed by atoms with Gasteiger partial charge in [0.2, 0.25) is 0 Å². The lowest BCUT2D eigenvalue weighted by atomic mass is 9.93. The molecule has 1 saturated heterocycles. The SMILES string of the molecule is COCCn1ncc(Br)c1C(O)C1CCOC1C. The van der Waals surface area contributed by atoms with Crippen LogP contribution in [0.3, 0.4) is 0 Å². The predicted octanol–water partition coefficient (Wildman–Crippen LogP) is 1.75. The van der Waals surface area contributed by atoms with Gasteiger partial charge in [0.15, 0.2) is 0 Å². The van der Waals surface area contributed by atoms with Crippen LogP contribution in [0.4, 0.5) is 0 Å². The molecule has 1 aromatic rings. The van der Waals surface area contributed by atoms with Crippen molar-refractivity contribution in [2.24, 2.45) is 5.92 Å². The Labute approximate surface area is 115 Å². The van der Waals surface area contributed by atoms with Crippen LogP contribution in [0, 0.1) is 5.92 Å². The molecule has 18 heavy (non-hydrogen) atoms. The maximum atomic E-state index is 10.5. The van der Waals surface area contributed by atoms with Gasteiger partial charge in [0.1, 0.15) is 6.10 Å². The number of methoxy groups -OCH3 is 1. The number of nitrogens with zero attached hydrogens (tertiary/aromatic N) is 2. The minimum atomic E-state index is -0.559. The molecule has 1 aliphatic heterocycles. The maximum Gasteiger partial charge on any atom is 0.102 e. The quantitative estimate of drug-likeness (QED) is 0.898. The monoisotopic (exact) mass is 318 g/mol. The van der Waals surface area contributed by atoms with Crippen LogP contribution >= 0.6 is 15.9 Å². The molecule has 0 amide bonds. The van der Waals surface area contributed by atoms with Gasteiger partial charge in [-0.3, -0.25) is 4.68 Å². The fraction of sp³-hybridized carbons (Fsp3) is 0.750. The molecule has 5 nitrogen and oxygen atoms in total. The van der Waals surface area contributed by atoms with Gasteiger partial charge in [-0.1, -0.05) is 0 Å². The summed E-state index contributed by atoms with van der Waals surface area (Å²) in [6, 6.07) is 0. The van der Waals surface area contributed by atoms with E-state index in [0.717, 1.165) is 16.6 Å². The van der Waals surface area contributed by atoms with Crippen LogP contribution < -0.4 is 0 Å². The van der Waals surface area contributed by atoms with Gasteiger partial charge in [-0.2, -0.15) is 5.10 Å². The van der Waals surface area contributed by atoms with E-state index in [-0.39, 0.29) is 12.0 Å². The van der Waals surface area contributed by atoms with Crippen LogP contribution in [0.1, 0.15) is 25.1 Å². The van der Waals surface area contributed by atoms with Gasteiger partial charge in [-0.25, -0.2) is 0 Å². The van der Waals surface area contributed by atoms with E-state index in [0.29, 0.717) is 19.8 Å². The number of hydrogen-bond acceptors (Lipinski definition) is 4. The Balaban J connectivity index is 2.17. The molecule has 0 bridgehead atoms. The second kappa shape index (κ2) is 6.14. The number of aliphatic hydroxyl groups excluding tert-OH is 1. The van der Waals surface area contributed by atoms with Crippen LogP contribution in [0.5, 0.6) is 0 Å². The smallest absolute Gasteiger partial charge is 0.102 e. The Morgan fingerprint density at radius 2 is 2.50 bits per heavy atom. The number of aliphatic hydroxyl groups is 1. The van der Waals surface area contributed by atoms with Crippen molar-refractivity contribution in [3.8, 4) is 0 Å². The van der Waals surface area contributed by atoms with Crippen LogP contribution in [-0.4, -0.2) is 41.3 Å². The lowest BCUT2D eigenvalue weighted by molar-refractivity contribution is 0.0376. The molecule has 0 radical (unpaired) electrons. The van der Waals surface area contributed by atoms with E-state index < -0.39 is 6.10 Å². The largest absolute Gasteiger partial charge is 0.386 e. The zero-order valence-corrected chi connectivity index (χ0v) is 12.3. The minimum Gasteiger partial charge on any atom is -0.386 e. The van der Waals surface area contributed by atoms with Gasteiger partial charge < -0.3 is 14.6 Å². The van der Waals surface area contributed by atoms with E-state index in [1.54, 1.807) is 18.0 Å². The lowest BCUT2D eigenvalue weighted by Gasteiger charge is -2.22. The van der Waals surface area contributed by atoms with E-state index in [9.17, 15) is 5.11 Å². The summed E-state index contributed by atoms with van der Waals surface area (Å²) in [6.07, 6.45) is 2.12. The predicted molar refractivity (Wildman–Crippen MR) is 70.3 cm³/mol. The van der Waals surface area contributed by atoms with Crippen molar-refractivity contribution < 1.29 is 14.6 Å². The molecule has 6 heteroatoms.